The predicted octanol–water partition coefficient (Wildman–Crippen LogP) is 5.13. The highest BCUT2D eigenvalue weighted by Crippen LogP contribution is 2.40. The van der Waals surface area contributed by atoms with Gasteiger partial charge < -0.3 is 4.90 Å². The van der Waals surface area contributed by atoms with Crippen molar-refractivity contribution in [2.45, 2.75) is 29.9 Å². The van der Waals surface area contributed by atoms with Gasteiger partial charge in [-0.1, -0.05) is 27.7 Å². The van der Waals surface area contributed by atoms with E-state index in [1.165, 1.54) is 24.4 Å². The summed E-state index contributed by atoms with van der Waals surface area (Å²) in [7, 11) is 0. The summed E-state index contributed by atoms with van der Waals surface area (Å²) in [5, 5.41) is 4.40. The average Bonchev–Trinajstić information content (AvgIpc) is 2.97. The molecule has 0 radical (unpaired) electrons. The number of hydrogen-bond donors (Lipinski definition) is 0. The lowest BCUT2D eigenvalue weighted by molar-refractivity contribution is -0.139. The zero-order valence-electron chi connectivity index (χ0n) is 13.0. The fourth-order valence-electron chi connectivity index (χ4n) is 2.03. The molecule has 2 rings (SSSR count). The van der Waals surface area contributed by atoms with Gasteiger partial charge in [0.25, 0.3) is 0 Å². The molecule has 0 fully saturated rings. The van der Waals surface area contributed by atoms with E-state index in [9.17, 15) is 18.0 Å². The smallest absolute Gasteiger partial charge is 0.323 e. The van der Waals surface area contributed by atoms with E-state index in [1.54, 1.807) is 4.90 Å². The molecule has 24 heavy (non-hydrogen) atoms. The second-order valence-corrected chi connectivity index (χ2v) is 6.77. The minimum absolute atomic E-state index is 0.0336. The van der Waals surface area contributed by atoms with E-state index in [1.807, 2.05) is 13.8 Å². The SMILES string of the molecule is CCN(CC)C(=O)n1ccc(Sc2ccc(Br)cc2C(F)(F)F)n1. The maximum absolute atomic E-state index is 13.1. The molecule has 0 N–H and O–H groups in total. The monoisotopic (exact) mass is 421 g/mol. The average molecular weight is 422 g/mol. The van der Waals surface area contributed by atoms with Crippen LogP contribution in [0.25, 0.3) is 0 Å². The van der Waals surface area contributed by atoms with E-state index >= 15 is 0 Å². The summed E-state index contributed by atoms with van der Waals surface area (Å²) in [6.07, 6.45) is -3.01. The number of amides is 1. The molecule has 4 nitrogen and oxygen atoms in total. The Balaban J connectivity index is 2.26. The van der Waals surface area contributed by atoms with Gasteiger partial charge in [0.2, 0.25) is 0 Å². The van der Waals surface area contributed by atoms with E-state index in [0.717, 1.165) is 22.5 Å². The van der Waals surface area contributed by atoms with E-state index in [4.69, 9.17) is 0 Å². The molecule has 0 spiro atoms. The molecule has 0 bridgehead atoms. The first kappa shape index (κ1) is 18.9. The van der Waals surface area contributed by atoms with Crippen LogP contribution in [0, 0.1) is 0 Å². The van der Waals surface area contributed by atoms with E-state index in [2.05, 4.69) is 21.0 Å². The number of benzene rings is 1. The Labute approximate surface area is 150 Å². The van der Waals surface area contributed by atoms with Crippen molar-refractivity contribution >= 4 is 33.7 Å². The van der Waals surface area contributed by atoms with Gasteiger partial charge in [-0.25, -0.2) is 4.79 Å². The fraction of sp³-hybridized carbons (Fsp3) is 0.333. The zero-order valence-corrected chi connectivity index (χ0v) is 15.4. The number of nitrogens with zero attached hydrogens (tertiary/aromatic N) is 3. The molecule has 0 aliphatic carbocycles. The van der Waals surface area contributed by atoms with Crippen LogP contribution in [0.15, 0.2) is 44.9 Å². The molecule has 0 aliphatic heterocycles. The predicted molar refractivity (Wildman–Crippen MR) is 89.2 cm³/mol. The Morgan fingerprint density at radius 1 is 1.29 bits per heavy atom. The molecule has 0 aliphatic rings. The fourth-order valence-corrected chi connectivity index (χ4v) is 3.30. The molecule has 1 aromatic heterocycles. The highest BCUT2D eigenvalue weighted by atomic mass is 79.9. The summed E-state index contributed by atoms with van der Waals surface area (Å²) >= 11 is 3.92. The summed E-state index contributed by atoms with van der Waals surface area (Å²) in [6.45, 7) is 4.75. The van der Waals surface area contributed by atoms with Gasteiger partial charge in [0.05, 0.1) is 5.56 Å². The first-order valence-electron chi connectivity index (χ1n) is 7.15. The van der Waals surface area contributed by atoms with Crippen molar-refractivity contribution in [3.05, 3.63) is 40.5 Å². The van der Waals surface area contributed by atoms with Crippen molar-refractivity contribution in [1.82, 2.24) is 14.7 Å². The number of rotatable bonds is 4. The van der Waals surface area contributed by atoms with Crippen molar-refractivity contribution in [3.8, 4) is 0 Å². The van der Waals surface area contributed by atoms with Gasteiger partial charge in [0.1, 0.15) is 5.03 Å². The summed E-state index contributed by atoms with van der Waals surface area (Å²) in [5.74, 6) is 0. The van der Waals surface area contributed by atoms with Crippen molar-refractivity contribution in [3.63, 3.8) is 0 Å². The van der Waals surface area contributed by atoms with Crippen LogP contribution in [0.3, 0.4) is 0 Å². The number of carbonyl (C=O) groups is 1. The van der Waals surface area contributed by atoms with Gasteiger partial charge in [-0.15, -0.1) is 0 Å². The second kappa shape index (κ2) is 7.60. The zero-order chi connectivity index (χ0) is 17.9. The van der Waals surface area contributed by atoms with Crippen molar-refractivity contribution < 1.29 is 18.0 Å². The minimum Gasteiger partial charge on any atom is -0.323 e. The van der Waals surface area contributed by atoms with Crippen LogP contribution in [0.2, 0.25) is 0 Å². The topological polar surface area (TPSA) is 38.1 Å². The molecule has 9 heteroatoms. The van der Waals surface area contributed by atoms with Crippen LogP contribution >= 0.6 is 27.7 Å². The summed E-state index contributed by atoms with van der Waals surface area (Å²) in [4.78, 5) is 13.8. The van der Waals surface area contributed by atoms with E-state index in [-0.39, 0.29) is 10.9 Å². The molecular weight excluding hydrogens is 407 g/mol. The van der Waals surface area contributed by atoms with E-state index < -0.39 is 11.7 Å². The number of aromatic nitrogens is 2. The van der Waals surface area contributed by atoms with Crippen molar-refractivity contribution in [2.75, 3.05) is 13.1 Å². The third kappa shape index (κ3) is 4.32. The molecule has 130 valence electrons. The van der Waals surface area contributed by atoms with Gasteiger partial charge in [-0.05, 0) is 38.1 Å². The Hall–Kier alpha value is -1.48. The third-order valence-electron chi connectivity index (χ3n) is 3.26. The van der Waals surface area contributed by atoms with Crippen molar-refractivity contribution in [1.29, 1.82) is 0 Å². The molecule has 0 saturated carbocycles. The Bertz CT molecular complexity index is 729. The normalized spacial score (nSPS) is 11.6. The Morgan fingerprint density at radius 3 is 2.54 bits per heavy atom. The van der Waals surface area contributed by atoms with Crippen LogP contribution in [0.4, 0.5) is 18.0 Å². The first-order valence-corrected chi connectivity index (χ1v) is 8.76. The molecular formula is C15H15BrF3N3OS. The van der Waals surface area contributed by atoms with Crippen LogP contribution in [0.5, 0.6) is 0 Å². The first-order chi connectivity index (χ1) is 11.3. The summed E-state index contributed by atoms with van der Waals surface area (Å²) < 4.78 is 40.9. The Kier molecular flexibility index (Phi) is 5.97. The number of halogens is 4. The van der Waals surface area contributed by atoms with Crippen LogP contribution in [0.1, 0.15) is 19.4 Å². The maximum Gasteiger partial charge on any atom is 0.417 e. The van der Waals surface area contributed by atoms with Gasteiger partial charge in [0, 0.05) is 28.7 Å². The molecule has 0 unspecified atom stereocenters. The standard InChI is InChI=1S/C15H15BrF3N3OS/c1-3-21(4-2)14(23)22-8-7-13(20-22)24-12-6-5-10(16)9-11(12)15(17,18)19/h5-9H,3-4H2,1-2H3. The molecule has 0 atom stereocenters. The maximum atomic E-state index is 13.1. The van der Waals surface area contributed by atoms with E-state index in [0.29, 0.717) is 22.6 Å². The largest absolute Gasteiger partial charge is 0.417 e. The molecule has 0 saturated heterocycles. The van der Waals surface area contributed by atoms with Gasteiger partial charge in [0.15, 0.2) is 0 Å². The number of carbonyl (C=O) groups excluding carboxylic acids is 1. The van der Waals surface area contributed by atoms with Gasteiger partial charge >= 0.3 is 12.2 Å². The number of alkyl halides is 3. The van der Waals surface area contributed by atoms with Crippen molar-refractivity contribution in [2.24, 2.45) is 0 Å². The Morgan fingerprint density at radius 2 is 1.96 bits per heavy atom. The highest BCUT2D eigenvalue weighted by molar-refractivity contribution is 9.10. The lowest BCUT2D eigenvalue weighted by Gasteiger charge is -2.17. The van der Waals surface area contributed by atoms with Crippen LogP contribution in [-0.2, 0) is 6.18 Å². The number of hydrogen-bond acceptors (Lipinski definition) is 3. The molecule has 1 heterocycles. The molecule has 2 aromatic rings. The lowest BCUT2D eigenvalue weighted by Crippen LogP contribution is -2.34. The molecule has 1 amide bonds. The lowest BCUT2D eigenvalue weighted by atomic mass is 10.2. The summed E-state index contributed by atoms with van der Waals surface area (Å²) in [6, 6.07) is 5.16. The van der Waals surface area contributed by atoms with Crippen LogP contribution < -0.4 is 0 Å². The van der Waals surface area contributed by atoms with Gasteiger partial charge in [-0.2, -0.15) is 23.0 Å². The second-order valence-electron chi connectivity index (χ2n) is 4.79. The molecule has 1 aromatic carbocycles. The summed E-state index contributed by atoms with van der Waals surface area (Å²) in [5.41, 5.74) is -0.744. The van der Waals surface area contributed by atoms with Gasteiger partial charge in [-0.3, -0.25) is 0 Å². The quantitative estimate of drug-likeness (QED) is 0.686. The minimum atomic E-state index is -4.47. The van der Waals surface area contributed by atoms with Crippen LogP contribution in [-0.4, -0.2) is 33.8 Å². The highest BCUT2D eigenvalue weighted by Gasteiger charge is 2.34. The third-order valence-corrected chi connectivity index (χ3v) is 4.75.